The van der Waals surface area contributed by atoms with E-state index in [2.05, 4.69) is 0 Å². The minimum Gasteiger partial charge on any atom is -0.493 e. The van der Waals surface area contributed by atoms with Crippen molar-refractivity contribution in [2.75, 3.05) is 40.2 Å². The van der Waals surface area contributed by atoms with E-state index in [0.717, 1.165) is 5.56 Å². The number of benzene rings is 1. The number of likely N-dealkylation sites (N-methyl/N-ethyl adjacent to an activating group) is 1. The zero-order valence-electron chi connectivity index (χ0n) is 18.4. The molecule has 0 N–H and O–H groups in total. The Labute approximate surface area is 186 Å². The number of nitrogens with zero attached hydrogens (tertiary/aromatic N) is 2. The minimum absolute atomic E-state index is 0.0655. The van der Waals surface area contributed by atoms with Gasteiger partial charge in [0.25, 0.3) is 5.91 Å². The lowest BCUT2D eigenvalue weighted by Crippen LogP contribution is -2.49. The first-order chi connectivity index (χ1) is 15.0. The number of carbonyl (C=O) groups excluding carboxylic acids is 2. The molecule has 0 saturated carbocycles. The molecule has 1 fully saturated rings. The standard InChI is InChI=1S/C22H28N2O6S/c1-6-23(7-2)21(26)16-13-31-22(14-8-9-30-12-14)24(16)20(25)15-10-17(27-3)19(29-5)18(11-15)28-4/h8-12,16,22H,6-7,13H2,1-5H3. The lowest BCUT2D eigenvalue weighted by molar-refractivity contribution is -0.134. The minimum atomic E-state index is -0.587. The molecule has 1 aromatic heterocycles. The normalized spacial score (nSPS) is 18.0. The first kappa shape index (κ1) is 22.9. The molecule has 2 unspecified atom stereocenters. The number of carbonyl (C=O) groups is 2. The molecule has 0 bridgehead atoms. The van der Waals surface area contributed by atoms with Crippen molar-refractivity contribution in [2.24, 2.45) is 0 Å². The molecule has 168 valence electrons. The zero-order chi connectivity index (χ0) is 22.5. The third-order valence-electron chi connectivity index (χ3n) is 5.34. The average Bonchev–Trinajstić information content (AvgIpc) is 3.47. The number of thioether (sulfide) groups is 1. The summed E-state index contributed by atoms with van der Waals surface area (Å²) in [7, 11) is 4.50. The maximum Gasteiger partial charge on any atom is 0.256 e. The molecular formula is C22H28N2O6S. The Morgan fingerprint density at radius 2 is 1.77 bits per heavy atom. The van der Waals surface area contributed by atoms with Gasteiger partial charge in [0.15, 0.2) is 11.5 Å². The van der Waals surface area contributed by atoms with Gasteiger partial charge in [0, 0.05) is 30.0 Å². The highest BCUT2D eigenvalue weighted by molar-refractivity contribution is 7.99. The molecule has 1 aliphatic rings. The molecule has 1 aliphatic heterocycles. The molecule has 0 aliphatic carbocycles. The van der Waals surface area contributed by atoms with Crippen molar-refractivity contribution in [3.05, 3.63) is 41.9 Å². The molecule has 2 atom stereocenters. The van der Waals surface area contributed by atoms with E-state index in [9.17, 15) is 9.59 Å². The predicted octanol–water partition coefficient (Wildman–Crippen LogP) is 3.43. The molecule has 9 heteroatoms. The fourth-order valence-electron chi connectivity index (χ4n) is 3.72. The summed E-state index contributed by atoms with van der Waals surface area (Å²) in [5.74, 6) is 1.30. The van der Waals surface area contributed by atoms with Crippen LogP contribution in [0.2, 0.25) is 0 Å². The molecule has 31 heavy (non-hydrogen) atoms. The van der Waals surface area contributed by atoms with Crippen molar-refractivity contribution < 1.29 is 28.2 Å². The largest absolute Gasteiger partial charge is 0.493 e. The van der Waals surface area contributed by atoms with E-state index in [-0.39, 0.29) is 17.2 Å². The number of hydrogen-bond donors (Lipinski definition) is 0. The maximum absolute atomic E-state index is 13.8. The summed E-state index contributed by atoms with van der Waals surface area (Å²) in [6.07, 6.45) is 3.18. The lowest BCUT2D eigenvalue weighted by atomic mass is 10.1. The third kappa shape index (κ3) is 4.32. The Hall–Kier alpha value is -2.81. The highest BCUT2D eigenvalue weighted by atomic mass is 32.2. The Bertz CT molecular complexity index is 888. The third-order valence-corrected chi connectivity index (χ3v) is 6.66. The molecule has 1 saturated heterocycles. The predicted molar refractivity (Wildman–Crippen MR) is 118 cm³/mol. The van der Waals surface area contributed by atoms with Gasteiger partial charge >= 0.3 is 0 Å². The van der Waals surface area contributed by atoms with Gasteiger partial charge in [-0.1, -0.05) is 0 Å². The topological polar surface area (TPSA) is 81.5 Å². The monoisotopic (exact) mass is 448 g/mol. The van der Waals surface area contributed by atoms with E-state index in [1.807, 2.05) is 19.9 Å². The number of furan rings is 1. The van der Waals surface area contributed by atoms with E-state index in [1.165, 1.54) is 21.3 Å². The summed E-state index contributed by atoms with van der Waals surface area (Å²) < 4.78 is 21.4. The summed E-state index contributed by atoms with van der Waals surface area (Å²) in [6, 6.07) is 4.45. The average molecular weight is 449 g/mol. The molecule has 3 rings (SSSR count). The summed E-state index contributed by atoms with van der Waals surface area (Å²) in [5, 5.41) is -0.338. The van der Waals surface area contributed by atoms with Gasteiger partial charge < -0.3 is 28.4 Å². The summed E-state index contributed by atoms with van der Waals surface area (Å²) in [6.45, 7) is 5.03. The van der Waals surface area contributed by atoms with E-state index < -0.39 is 6.04 Å². The van der Waals surface area contributed by atoms with Crippen molar-refractivity contribution in [3.8, 4) is 17.2 Å². The van der Waals surface area contributed by atoms with Gasteiger partial charge in [-0.05, 0) is 32.0 Å². The van der Waals surface area contributed by atoms with Crippen molar-refractivity contribution in [1.82, 2.24) is 9.80 Å². The van der Waals surface area contributed by atoms with Crippen LogP contribution >= 0.6 is 11.8 Å². The zero-order valence-corrected chi connectivity index (χ0v) is 19.2. The second kappa shape index (κ2) is 10.00. The fourth-order valence-corrected chi connectivity index (χ4v) is 5.11. The second-order valence-electron chi connectivity index (χ2n) is 6.90. The van der Waals surface area contributed by atoms with Crippen LogP contribution in [0.15, 0.2) is 35.1 Å². The van der Waals surface area contributed by atoms with E-state index in [4.69, 9.17) is 18.6 Å². The van der Waals surface area contributed by atoms with Crippen LogP contribution in [-0.2, 0) is 4.79 Å². The summed E-state index contributed by atoms with van der Waals surface area (Å²) in [5.41, 5.74) is 1.18. The SMILES string of the molecule is CCN(CC)C(=O)C1CSC(c2ccoc2)N1C(=O)c1cc(OC)c(OC)c(OC)c1. The Balaban J connectivity index is 2.05. The van der Waals surface area contributed by atoms with Gasteiger partial charge in [-0.3, -0.25) is 9.59 Å². The van der Waals surface area contributed by atoms with Gasteiger partial charge in [-0.15, -0.1) is 11.8 Å². The van der Waals surface area contributed by atoms with Crippen molar-refractivity contribution in [3.63, 3.8) is 0 Å². The number of amides is 2. The Kier molecular flexibility index (Phi) is 7.37. The first-order valence-electron chi connectivity index (χ1n) is 10.1. The molecule has 2 aromatic rings. The van der Waals surface area contributed by atoms with Gasteiger partial charge in [0.1, 0.15) is 11.4 Å². The van der Waals surface area contributed by atoms with E-state index >= 15 is 0 Å². The van der Waals surface area contributed by atoms with Gasteiger partial charge in [0.05, 0.1) is 33.9 Å². The van der Waals surface area contributed by atoms with Crippen LogP contribution in [0.4, 0.5) is 0 Å². The summed E-state index contributed by atoms with van der Waals surface area (Å²) >= 11 is 1.54. The van der Waals surface area contributed by atoms with Crippen LogP contribution in [0, 0.1) is 0 Å². The van der Waals surface area contributed by atoms with Crippen LogP contribution in [0.1, 0.15) is 35.1 Å². The smallest absolute Gasteiger partial charge is 0.256 e. The maximum atomic E-state index is 13.8. The number of ether oxygens (including phenoxy) is 3. The van der Waals surface area contributed by atoms with Crippen LogP contribution in [0.25, 0.3) is 0 Å². The molecular weight excluding hydrogens is 420 g/mol. The Morgan fingerprint density at radius 1 is 1.13 bits per heavy atom. The molecule has 2 amide bonds. The number of hydrogen-bond acceptors (Lipinski definition) is 7. The van der Waals surface area contributed by atoms with E-state index in [1.54, 1.807) is 46.2 Å². The van der Waals surface area contributed by atoms with Crippen LogP contribution < -0.4 is 14.2 Å². The molecule has 8 nitrogen and oxygen atoms in total. The summed E-state index contributed by atoms with van der Waals surface area (Å²) in [4.78, 5) is 30.4. The highest BCUT2D eigenvalue weighted by Crippen LogP contribution is 2.44. The van der Waals surface area contributed by atoms with Crippen molar-refractivity contribution >= 4 is 23.6 Å². The van der Waals surface area contributed by atoms with E-state index in [0.29, 0.717) is 41.7 Å². The van der Waals surface area contributed by atoms with Crippen molar-refractivity contribution in [1.29, 1.82) is 0 Å². The fraction of sp³-hybridized carbons (Fsp3) is 0.455. The molecule has 1 aromatic carbocycles. The van der Waals surface area contributed by atoms with Crippen LogP contribution in [0.5, 0.6) is 17.2 Å². The van der Waals surface area contributed by atoms with Gasteiger partial charge in [-0.25, -0.2) is 0 Å². The van der Waals surface area contributed by atoms with Gasteiger partial charge in [-0.2, -0.15) is 0 Å². The van der Waals surface area contributed by atoms with Crippen LogP contribution in [-0.4, -0.2) is 67.8 Å². The van der Waals surface area contributed by atoms with Crippen molar-refractivity contribution in [2.45, 2.75) is 25.3 Å². The molecule has 2 heterocycles. The first-order valence-corrected chi connectivity index (χ1v) is 11.1. The van der Waals surface area contributed by atoms with Gasteiger partial charge in [0.2, 0.25) is 11.7 Å². The lowest BCUT2D eigenvalue weighted by Gasteiger charge is -2.31. The quantitative estimate of drug-likeness (QED) is 0.612. The Morgan fingerprint density at radius 3 is 2.26 bits per heavy atom. The highest BCUT2D eigenvalue weighted by Gasteiger charge is 2.44. The molecule has 0 spiro atoms. The number of rotatable bonds is 8. The molecule has 0 radical (unpaired) electrons. The second-order valence-corrected chi connectivity index (χ2v) is 8.01. The van der Waals surface area contributed by atoms with Crippen LogP contribution in [0.3, 0.4) is 0 Å². The number of methoxy groups -OCH3 is 3.